The first-order valence-corrected chi connectivity index (χ1v) is 3.50. The van der Waals surface area contributed by atoms with Crippen molar-refractivity contribution in [3.63, 3.8) is 0 Å². The van der Waals surface area contributed by atoms with Crippen molar-refractivity contribution in [3.8, 4) is 0 Å². The van der Waals surface area contributed by atoms with Crippen LogP contribution in [0.2, 0.25) is 0 Å². The number of carbonyl (C=O) groups is 1. The molecule has 0 aromatic heterocycles. The predicted molar refractivity (Wildman–Crippen MR) is 38.4 cm³/mol. The molecule has 1 unspecified atom stereocenters. The number of carboxylic acids is 1. The topological polar surface area (TPSA) is 98.0 Å². The van der Waals surface area contributed by atoms with Gasteiger partial charge in [0.05, 0.1) is 6.10 Å². The van der Waals surface area contributed by atoms with Crippen LogP contribution in [0.3, 0.4) is 0 Å². The Hall–Kier alpha value is -0.910. The van der Waals surface area contributed by atoms with Crippen LogP contribution in [0, 0.1) is 0 Å². The maximum Gasteiger partial charge on any atom is 0.331 e. The minimum atomic E-state index is -1.29. The van der Waals surface area contributed by atoms with Crippen LogP contribution in [0.15, 0.2) is 11.6 Å². The zero-order valence-electron chi connectivity index (χ0n) is 6.21. The van der Waals surface area contributed by atoms with Crippen molar-refractivity contribution in [2.45, 2.75) is 24.7 Å². The molecule has 0 bridgehead atoms. The standard InChI is InChI=1S/C7H10O5/c8-4-1-3(7(11)12)2-5(9)6(4)10/h1,4-6,8-10H,2H2,(H,11,12)/t4-,5-,6?/m1/s1. The predicted octanol–water partition coefficient (Wildman–Crippen LogP) is -1.52. The molecule has 0 radical (unpaired) electrons. The number of aliphatic hydroxyl groups excluding tert-OH is 3. The van der Waals surface area contributed by atoms with Gasteiger partial charge in [-0.15, -0.1) is 0 Å². The van der Waals surface area contributed by atoms with Crippen molar-refractivity contribution in [2.24, 2.45) is 0 Å². The van der Waals surface area contributed by atoms with E-state index in [-0.39, 0.29) is 12.0 Å². The number of hydrogen-bond acceptors (Lipinski definition) is 4. The zero-order valence-corrected chi connectivity index (χ0v) is 6.21. The fraction of sp³-hybridized carbons (Fsp3) is 0.571. The van der Waals surface area contributed by atoms with Crippen LogP contribution >= 0.6 is 0 Å². The quantitative estimate of drug-likeness (QED) is 0.387. The molecule has 0 saturated heterocycles. The van der Waals surface area contributed by atoms with E-state index in [0.29, 0.717) is 0 Å². The van der Waals surface area contributed by atoms with Crippen molar-refractivity contribution in [2.75, 3.05) is 0 Å². The Morgan fingerprint density at radius 2 is 2.00 bits per heavy atom. The first-order valence-electron chi connectivity index (χ1n) is 3.50. The molecule has 4 N–H and O–H groups in total. The van der Waals surface area contributed by atoms with Gasteiger partial charge in [0, 0.05) is 12.0 Å². The maximum atomic E-state index is 10.4. The van der Waals surface area contributed by atoms with Gasteiger partial charge in [-0.25, -0.2) is 4.79 Å². The van der Waals surface area contributed by atoms with Gasteiger partial charge >= 0.3 is 5.97 Å². The van der Waals surface area contributed by atoms with Crippen molar-refractivity contribution < 1.29 is 25.2 Å². The zero-order chi connectivity index (χ0) is 9.30. The summed E-state index contributed by atoms with van der Waals surface area (Å²) in [5.74, 6) is -1.18. The van der Waals surface area contributed by atoms with Gasteiger partial charge in [0.25, 0.3) is 0 Å². The molecule has 1 rings (SSSR count). The minimum Gasteiger partial charge on any atom is -0.478 e. The Morgan fingerprint density at radius 3 is 2.42 bits per heavy atom. The number of rotatable bonds is 1. The van der Waals surface area contributed by atoms with E-state index in [4.69, 9.17) is 20.4 Å². The molecule has 68 valence electrons. The Morgan fingerprint density at radius 1 is 1.42 bits per heavy atom. The highest BCUT2D eigenvalue weighted by Gasteiger charge is 2.31. The summed E-state index contributed by atoms with van der Waals surface area (Å²) in [5.41, 5.74) is -0.0692. The van der Waals surface area contributed by atoms with E-state index in [1.807, 2.05) is 0 Å². The van der Waals surface area contributed by atoms with Gasteiger partial charge < -0.3 is 20.4 Å². The molecule has 0 fully saturated rings. The van der Waals surface area contributed by atoms with Gasteiger partial charge in [0.2, 0.25) is 0 Å². The highest BCUT2D eigenvalue weighted by Crippen LogP contribution is 2.19. The fourth-order valence-corrected chi connectivity index (χ4v) is 1.11. The average Bonchev–Trinajstić information content (AvgIpc) is 1.99. The second-order valence-electron chi connectivity index (χ2n) is 2.75. The lowest BCUT2D eigenvalue weighted by Crippen LogP contribution is -2.40. The lowest BCUT2D eigenvalue weighted by atomic mass is 9.92. The molecule has 0 saturated carbocycles. The summed E-state index contributed by atoms with van der Waals surface area (Å²) in [6.45, 7) is 0. The Kier molecular flexibility index (Phi) is 2.46. The van der Waals surface area contributed by atoms with Crippen LogP contribution in [-0.4, -0.2) is 44.7 Å². The summed E-state index contributed by atoms with van der Waals surface area (Å²) in [7, 11) is 0. The van der Waals surface area contributed by atoms with E-state index in [0.717, 1.165) is 6.08 Å². The number of carboxylic acid groups (broad SMARTS) is 1. The van der Waals surface area contributed by atoms with Gasteiger partial charge in [0.1, 0.15) is 12.2 Å². The minimum absolute atomic E-state index is 0.0692. The van der Waals surface area contributed by atoms with E-state index >= 15 is 0 Å². The summed E-state index contributed by atoms with van der Waals surface area (Å²) >= 11 is 0. The molecule has 0 aromatic carbocycles. The Balaban J connectivity index is 2.81. The molecule has 0 spiro atoms. The summed E-state index contributed by atoms with van der Waals surface area (Å²) in [6.07, 6.45) is -2.86. The van der Waals surface area contributed by atoms with Gasteiger partial charge in [-0.1, -0.05) is 0 Å². The maximum absolute atomic E-state index is 10.4. The highest BCUT2D eigenvalue weighted by atomic mass is 16.4. The monoisotopic (exact) mass is 174 g/mol. The normalized spacial score (nSPS) is 35.9. The average molecular weight is 174 g/mol. The summed E-state index contributed by atoms with van der Waals surface area (Å²) in [4.78, 5) is 10.4. The van der Waals surface area contributed by atoms with E-state index < -0.39 is 24.3 Å². The van der Waals surface area contributed by atoms with Crippen LogP contribution in [0.4, 0.5) is 0 Å². The molecular weight excluding hydrogens is 164 g/mol. The van der Waals surface area contributed by atoms with E-state index in [1.165, 1.54) is 0 Å². The summed E-state index contributed by atoms with van der Waals surface area (Å²) < 4.78 is 0. The molecular formula is C7H10O5. The van der Waals surface area contributed by atoms with Crippen molar-refractivity contribution in [1.29, 1.82) is 0 Å². The lowest BCUT2D eigenvalue weighted by Gasteiger charge is -2.25. The van der Waals surface area contributed by atoms with Crippen LogP contribution < -0.4 is 0 Å². The lowest BCUT2D eigenvalue weighted by molar-refractivity contribution is -0.134. The number of aliphatic hydroxyl groups is 3. The Labute approximate surface area is 68.6 Å². The van der Waals surface area contributed by atoms with Crippen molar-refractivity contribution in [3.05, 3.63) is 11.6 Å². The molecule has 5 heteroatoms. The molecule has 0 aliphatic heterocycles. The second kappa shape index (κ2) is 3.22. The highest BCUT2D eigenvalue weighted by molar-refractivity contribution is 5.87. The molecule has 5 nitrogen and oxygen atoms in total. The van der Waals surface area contributed by atoms with E-state index in [1.54, 1.807) is 0 Å². The number of aliphatic carboxylic acids is 1. The Bertz CT molecular complexity index is 222. The smallest absolute Gasteiger partial charge is 0.331 e. The fourth-order valence-electron chi connectivity index (χ4n) is 1.11. The first kappa shape index (κ1) is 9.18. The molecule has 12 heavy (non-hydrogen) atoms. The van der Waals surface area contributed by atoms with Crippen LogP contribution in [0.25, 0.3) is 0 Å². The third-order valence-corrected chi connectivity index (χ3v) is 1.82. The molecule has 1 aliphatic rings. The van der Waals surface area contributed by atoms with Gasteiger partial charge in [0.15, 0.2) is 0 Å². The van der Waals surface area contributed by atoms with Gasteiger partial charge in [-0.05, 0) is 6.08 Å². The van der Waals surface area contributed by atoms with Gasteiger partial charge in [-0.3, -0.25) is 0 Å². The molecule has 0 heterocycles. The number of hydrogen-bond donors (Lipinski definition) is 4. The summed E-state index contributed by atoms with van der Waals surface area (Å²) in [5, 5.41) is 35.6. The third-order valence-electron chi connectivity index (χ3n) is 1.82. The van der Waals surface area contributed by atoms with Gasteiger partial charge in [-0.2, -0.15) is 0 Å². The molecule has 1 aliphatic carbocycles. The van der Waals surface area contributed by atoms with Crippen molar-refractivity contribution in [1.82, 2.24) is 0 Å². The molecule has 0 aromatic rings. The molecule has 3 atom stereocenters. The van der Waals surface area contributed by atoms with Crippen LogP contribution in [0.5, 0.6) is 0 Å². The second-order valence-corrected chi connectivity index (χ2v) is 2.75. The van der Waals surface area contributed by atoms with E-state index in [2.05, 4.69) is 0 Å². The largest absolute Gasteiger partial charge is 0.478 e. The van der Waals surface area contributed by atoms with E-state index in [9.17, 15) is 4.79 Å². The SMILES string of the molecule is O=C(O)C1=C[C@@H](O)C(O)[C@H](O)C1. The van der Waals surface area contributed by atoms with Crippen molar-refractivity contribution >= 4 is 5.97 Å². The third kappa shape index (κ3) is 1.63. The van der Waals surface area contributed by atoms with Crippen LogP contribution in [0.1, 0.15) is 6.42 Å². The summed E-state index contributed by atoms with van der Waals surface area (Å²) in [6, 6.07) is 0. The van der Waals surface area contributed by atoms with Crippen LogP contribution in [-0.2, 0) is 4.79 Å². The molecule has 0 amide bonds. The first-order chi connectivity index (χ1) is 5.52.